The first-order valence-electron chi connectivity index (χ1n) is 8.91. The van der Waals surface area contributed by atoms with Crippen LogP contribution in [0.5, 0.6) is 0 Å². The summed E-state index contributed by atoms with van der Waals surface area (Å²) >= 11 is 0. The molecule has 146 valence electrons. The molecule has 0 aliphatic heterocycles. The van der Waals surface area contributed by atoms with Crippen LogP contribution in [0.1, 0.15) is 26.7 Å². The van der Waals surface area contributed by atoms with Crippen LogP contribution in [-0.4, -0.2) is 21.2 Å². The fourth-order valence-electron chi connectivity index (χ4n) is 2.96. The minimum Gasteiger partial charge on any atom is -0.321 e. The molecule has 0 saturated carbocycles. The average Bonchev–Trinajstić information content (AvgIpc) is 3.15. The van der Waals surface area contributed by atoms with Crippen LogP contribution < -0.4 is 10.6 Å². The van der Waals surface area contributed by atoms with Crippen molar-refractivity contribution in [1.82, 2.24) is 9.38 Å². The van der Waals surface area contributed by atoms with Gasteiger partial charge >= 0.3 is 0 Å². The molecule has 0 bridgehead atoms. The average molecular weight is 399 g/mol. The van der Waals surface area contributed by atoms with Crippen LogP contribution in [0.3, 0.4) is 0 Å². The predicted molar refractivity (Wildman–Crippen MR) is 109 cm³/mol. The Morgan fingerprint density at radius 2 is 1.77 bits per heavy atom. The zero-order valence-corrected chi connectivity index (χ0v) is 15.5. The number of hydrogen-bond donors (Lipinski definition) is 2. The lowest BCUT2D eigenvalue weighted by atomic mass is 10.2. The number of hydrogen-bond acceptors (Lipinski definition) is 4. The largest absolute Gasteiger partial charge is 0.321 e. The van der Waals surface area contributed by atoms with E-state index in [1.54, 1.807) is 48.7 Å². The van der Waals surface area contributed by atoms with Gasteiger partial charge in [0, 0.05) is 11.9 Å². The first kappa shape index (κ1) is 18.8. The van der Waals surface area contributed by atoms with E-state index >= 15 is 0 Å². The van der Waals surface area contributed by atoms with Gasteiger partial charge in [-0.05, 0) is 42.5 Å². The summed E-state index contributed by atoms with van der Waals surface area (Å²) in [6.45, 7) is 0. The maximum Gasteiger partial charge on any atom is 0.292 e. The molecule has 0 aliphatic carbocycles. The van der Waals surface area contributed by atoms with Crippen molar-refractivity contribution in [2.75, 3.05) is 10.6 Å². The highest BCUT2D eigenvalue weighted by molar-refractivity contribution is 6.10. The van der Waals surface area contributed by atoms with E-state index < -0.39 is 17.6 Å². The van der Waals surface area contributed by atoms with Crippen molar-refractivity contribution < 1.29 is 14.0 Å². The number of nitriles is 1. The number of fused-ring (bicyclic) bond motifs is 1. The van der Waals surface area contributed by atoms with Crippen molar-refractivity contribution in [1.29, 1.82) is 5.26 Å². The second-order valence-corrected chi connectivity index (χ2v) is 6.32. The monoisotopic (exact) mass is 399 g/mol. The van der Waals surface area contributed by atoms with Crippen molar-refractivity contribution in [3.63, 3.8) is 0 Å². The van der Waals surface area contributed by atoms with E-state index in [4.69, 9.17) is 5.26 Å². The van der Waals surface area contributed by atoms with E-state index in [9.17, 15) is 14.0 Å². The predicted octanol–water partition coefficient (Wildman–Crippen LogP) is 3.85. The van der Waals surface area contributed by atoms with Gasteiger partial charge < -0.3 is 10.6 Å². The van der Waals surface area contributed by atoms with Crippen LogP contribution in [0.25, 0.3) is 5.52 Å². The number of carbonyl (C=O) groups is 2. The topological polar surface area (TPSA) is 99.3 Å². The number of para-hydroxylation sites is 1. The molecule has 4 aromatic rings. The number of benzene rings is 2. The number of halogens is 1. The Morgan fingerprint density at radius 3 is 2.57 bits per heavy atom. The van der Waals surface area contributed by atoms with Gasteiger partial charge in [-0.15, -0.1) is 0 Å². The molecule has 2 heterocycles. The third-order valence-electron chi connectivity index (χ3n) is 4.34. The fraction of sp³-hybridized carbons (Fsp3) is 0. The molecule has 0 unspecified atom stereocenters. The van der Waals surface area contributed by atoms with Crippen LogP contribution in [0.4, 0.5) is 15.8 Å². The van der Waals surface area contributed by atoms with Gasteiger partial charge in [0.15, 0.2) is 5.69 Å². The van der Waals surface area contributed by atoms with E-state index in [2.05, 4.69) is 15.6 Å². The Labute approximate surface area is 170 Å². The minimum atomic E-state index is -0.660. The molecule has 2 N–H and O–H groups in total. The molecule has 4 rings (SSSR count). The summed E-state index contributed by atoms with van der Waals surface area (Å²) in [7, 11) is 0. The molecule has 8 heteroatoms. The molecule has 0 spiro atoms. The second-order valence-electron chi connectivity index (χ2n) is 6.32. The van der Waals surface area contributed by atoms with Crippen LogP contribution in [0, 0.1) is 17.1 Å². The van der Waals surface area contributed by atoms with E-state index in [0.29, 0.717) is 16.8 Å². The van der Waals surface area contributed by atoms with Gasteiger partial charge in [0.1, 0.15) is 5.82 Å². The zero-order valence-electron chi connectivity index (χ0n) is 15.5. The first-order valence-corrected chi connectivity index (χ1v) is 8.91. The van der Waals surface area contributed by atoms with E-state index in [1.807, 2.05) is 6.07 Å². The van der Waals surface area contributed by atoms with Gasteiger partial charge in [0.25, 0.3) is 11.8 Å². The number of rotatable bonds is 4. The van der Waals surface area contributed by atoms with Crippen molar-refractivity contribution in [2.24, 2.45) is 0 Å². The Kier molecular flexibility index (Phi) is 4.93. The Morgan fingerprint density at radius 1 is 0.967 bits per heavy atom. The quantitative estimate of drug-likeness (QED) is 0.544. The zero-order chi connectivity index (χ0) is 21.1. The minimum absolute atomic E-state index is 0.00880. The smallest absolute Gasteiger partial charge is 0.292 e. The summed E-state index contributed by atoms with van der Waals surface area (Å²) < 4.78 is 15.3. The standard InChI is InChI=1S/C22H14FN5O2/c23-16-8-1-2-9-17(16)26-22(30)20-27-19(18-10-3-4-11-28(18)20)21(29)25-15-7-5-6-14(12-15)13-24/h1-12H,(H,25,29)(H,26,30). The summed E-state index contributed by atoms with van der Waals surface area (Å²) in [5.41, 5.74) is 1.26. The van der Waals surface area contributed by atoms with Crippen LogP contribution in [0.2, 0.25) is 0 Å². The highest BCUT2D eigenvalue weighted by Gasteiger charge is 2.22. The molecule has 0 radical (unpaired) electrons. The van der Waals surface area contributed by atoms with Gasteiger partial charge in [0.05, 0.1) is 22.8 Å². The lowest BCUT2D eigenvalue weighted by Gasteiger charge is -2.05. The van der Waals surface area contributed by atoms with Crippen LogP contribution in [-0.2, 0) is 0 Å². The number of nitrogens with one attached hydrogen (secondary N) is 2. The first-order chi connectivity index (χ1) is 14.6. The Bertz CT molecular complexity index is 1320. The SMILES string of the molecule is N#Cc1cccc(NC(=O)c2nc(C(=O)Nc3ccccc3F)n3ccccc23)c1. The Hall–Kier alpha value is -4.51. The molecule has 30 heavy (non-hydrogen) atoms. The lowest BCUT2D eigenvalue weighted by molar-refractivity contribution is 0.101. The van der Waals surface area contributed by atoms with Gasteiger partial charge in [-0.25, -0.2) is 9.37 Å². The lowest BCUT2D eigenvalue weighted by Crippen LogP contribution is -2.17. The number of imidazole rings is 1. The van der Waals surface area contributed by atoms with Gasteiger partial charge in [-0.1, -0.05) is 24.3 Å². The van der Waals surface area contributed by atoms with Crippen molar-refractivity contribution >= 4 is 28.7 Å². The molecule has 2 aromatic carbocycles. The van der Waals surface area contributed by atoms with Crippen LogP contribution >= 0.6 is 0 Å². The number of amides is 2. The molecule has 2 amide bonds. The number of nitrogens with zero attached hydrogens (tertiary/aromatic N) is 3. The fourth-order valence-corrected chi connectivity index (χ4v) is 2.96. The number of aromatic nitrogens is 2. The van der Waals surface area contributed by atoms with E-state index in [0.717, 1.165) is 0 Å². The van der Waals surface area contributed by atoms with Crippen molar-refractivity contribution in [3.05, 3.63) is 95.8 Å². The summed E-state index contributed by atoms with van der Waals surface area (Å²) in [5.74, 6) is -1.85. The van der Waals surface area contributed by atoms with Crippen molar-refractivity contribution in [3.8, 4) is 6.07 Å². The Balaban J connectivity index is 1.68. The molecule has 2 aromatic heterocycles. The number of pyridine rings is 1. The molecule has 0 atom stereocenters. The highest BCUT2D eigenvalue weighted by Crippen LogP contribution is 2.19. The normalized spacial score (nSPS) is 10.4. The maximum absolute atomic E-state index is 13.9. The van der Waals surface area contributed by atoms with Gasteiger partial charge in [-0.2, -0.15) is 5.26 Å². The summed E-state index contributed by atoms with van der Waals surface area (Å²) in [6, 6.07) is 19.2. The molecular weight excluding hydrogens is 385 g/mol. The summed E-state index contributed by atoms with van der Waals surface area (Å²) in [5, 5.41) is 14.2. The highest BCUT2D eigenvalue weighted by atomic mass is 19.1. The van der Waals surface area contributed by atoms with Crippen molar-refractivity contribution in [2.45, 2.75) is 0 Å². The number of carbonyl (C=O) groups excluding carboxylic acids is 2. The third kappa shape index (κ3) is 3.59. The van der Waals surface area contributed by atoms with Gasteiger partial charge in [0.2, 0.25) is 5.82 Å². The van der Waals surface area contributed by atoms with E-state index in [1.165, 1.54) is 28.7 Å². The second kappa shape index (κ2) is 7.85. The molecule has 0 saturated heterocycles. The number of anilines is 2. The third-order valence-corrected chi connectivity index (χ3v) is 4.34. The summed E-state index contributed by atoms with van der Waals surface area (Å²) in [6.07, 6.45) is 1.59. The molecule has 0 aliphatic rings. The van der Waals surface area contributed by atoms with Gasteiger partial charge in [-0.3, -0.25) is 14.0 Å². The molecule has 7 nitrogen and oxygen atoms in total. The molecule has 0 fully saturated rings. The van der Waals surface area contributed by atoms with Crippen LogP contribution in [0.15, 0.2) is 72.9 Å². The summed E-state index contributed by atoms with van der Waals surface area (Å²) in [4.78, 5) is 29.7. The van der Waals surface area contributed by atoms with E-state index in [-0.39, 0.29) is 17.2 Å². The maximum atomic E-state index is 13.9. The molecular formula is C22H14FN5O2.